The maximum absolute atomic E-state index is 13.9. The second-order valence-electron chi connectivity index (χ2n) is 4.66. The molecule has 0 aliphatic carbocycles. The lowest BCUT2D eigenvalue weighted by Crippen LogP contribution is -1.93. The predicted molar refractivity (Wildman–Crippen MR) is 80.4 cm³/mol. The van der Waals surface area contributed by atoms with E-state index in [-0.39, 0.29) is 17.1 Å². The number of aliphatic hydroxyl groups is 1. The summed E-state index contributed by atoms with van der Waals surface area (Å²) in [6.45, 7) is -0.380. The van der Waals surface area contributed by atoms with E-state index in [1.54, 1.807) is 0 Å². The largest absolute Gasteiger partial charge is 0.392 e. The zero-order valence-electron chi connectivity index (χ0n) is 11.0. The Morgan fingerprint density at radius 1 is 0.857 bits per heavy atom. The minimum absolute atomic E-state index is 0.0533. The lowest BCUT2D eigenvalue weighted by atomic mass is 10.1. The molecule has 1 N–H and O–H groups in total. The number of hydrogen-bond acceptors (Lipinski definition) is 2. The molecule has 0 fully saturated rings. The van der Waals surface area contributed by atoms with Crippen molar-refractivity contribution in [2.24, 2.45) is 0 Å². The van der Waals surface area contributed by atoms with Crippen LogP contribution in [0.1, 0.15) is 5.56 Å². The van der Waals surface area contributed by atoms with Crippen LogP contribution in [0.15, 0.2) is 64.4 Å². The van der Waals surface area contributed by atoms with Gasteiger partial charge in [-0.2, -0.15) is 0 Å². The molecule has 0 amide bonds. The van der Waals surface area contributed by atoms with E-state index in [1.165, 1.54) is 0 Å². The van der Waals surface area contributed by atoms with Crippen LogP contribution in [-0.4, -0.2) is 5.11 Å². The number of rotatable bonds is 3. The van der Waals surface area contributed by atoms with Crippen molar-refractivity contribution >= 4 is 22.5 Å². The third-order valence-corrected chi connectivity index (χ3v) is 4.27. The van der Waals surface area contributed by atoms with Gasteiger partial charge in [-0.25, -0.2) is 8.78 Å². The lowest BCUT2D eigenvalue weighted by molar-refractivity contribution is 0.280. The van der Waals surface area contributed by atoms with Gasteiger partial charge in [-0.15, -0.1) is 0 Å². The molecule has 0 aliphatic heterocycles. The summed E-state index contributed by atoms with van der Waals surface area (Å²) in [7, 11) is 0. The van der Waals surface area contributed by atoms with Crippen LogP contribution in [0.5, 0.6) is 0 Å². The normalized spacial score (nSPS) is 11.0. The minimum atomic E-state index is -0.655. The van der Waals surface area contributed by atoms with Gasteiger partial charge in [-0.1, -0.05) is 42.1 Å². The summed E-state index contributed by atoms with van der Waals surface area (Å²) in [5, 5.41) is 11.1. The number of aliphatic hydroxyl groups excluding tert-OH is 1. The summed E-state index contributed by atoms with van der Waals surface area (Å²) in [4.78, 5) is 0.714. The molecule has 106 valence electrons. The van der Waals surface area contributed by atoms with E-state index in [1.807, 2.05) is 42.5 Å². The van der Waals surface area contributed by atoms with E-state index in [0.29, 0.717) is 0 Å². The Balaban J connectivity index is 1.98. The van der Waals surface area contributed by atoms with Crippen LogP contribution < -0.4 is 0 Å². The minimum Gasteiger partial charge on any atom is -0.392 e. The highest BCUT2D eigenvalue weighted by Crippen LogP contribution is 2.34. The van der Waals surface area contributed by atoms with Crippen molar-refractivity contribution in [3.05, 3.63) is 71.8 Å². The first kappa shape index (κ1) is 14.0. The Hall–Kier alpha value is -1.91. The number of benzene rings is 3. The summed E-state index contributed by atoms with van der Waals surface area (Å²) >= 11 is 1.04. The predicted octanol–water partition coefficient (Wildman–Crippen LogP) is 4.76. The molecule has 0 unspecified atom stereocenters. The Labute approximate surface area is 125 Å². The van der Waals surface area contributed by atoms with E-state index in [0.717, 1.165) is 39.6 Å². The fourth-order valence-electron chi connectivity index (χ4n) is 2.15. The molecule has 0 heterocycles. The zero-order valence-corrected chi connectivity index (χ0v) is 11.8. The molecule has 3 aromatic rings. The molecule has 0 aliphatic rings. The average Bonchev–Trinajstić information content (AvgIpc) is 2.50. The Kier molecular flexibility index (Phi) is 3.90. The first-order valence-electron chi connectivity index (χ1n) is 6.43. The van der Waals surface area contributed by atoms with Crippen LogP contribution in [0.4, 0.5) is 8.78 Å². The number of halogens is 2. The lowest BCUT2D eigenvalue weighted by Gasteiger charge is -2.08. The van der Waals surface area contributed by atoms with Gasteiger partial charge in [0.05, 0.1) is 11.5 Å². The molecule has 0 spiro atoms. The summed E-state index contributed by atoms with van der Waals surface area (Å²) in [5.74, 6) is -1.31. The summed E-state index contributed by atoms with van der Waals surface area (Å²) in [6.07, 6.45) is 0. The second kappa shape index (κ2) is 5.84. The second-order valence-corrected chi connectivity index (χ2v) is 5.74. The monoisotopic (exact) mass is 302 g/mol. The van der Waals surface area contributed by atoms with E-state index in [4.69, 9.17) is 5.11 Å². The van der Waals surface area contributed by atoms with Gasteiger partial charge in [0.2, 0.25) is 0 Å². The first-order valence-corrected chi connectivity index (χ1v) is 7.24. The van der Waals surface area contributed by atoms with E-state index >= 15 is 0 Å². The van der Waals surface area contributed by atoms with Crippen LogP contribution in [0, 0.1) is 11.6 Å². The van der Waals surface area contributed by atoms with Crippen molar-refractivity contribution < 1.29 is 13.9 Å². The average molecular weight is 302 g/mol. The van der Waals surface area contributed by atoms with Crippen molar-refractivity contribution in [3.8, 4) is 0 Å². The fourth-order valence-corrected chi connectivity index (χ4v) is 3.02. The molecule has 3 aromatic carbocycles. The molecule has 0 atom stereocenters. The Morgan fingerprint density at radius 2 is 1.52 bits per heavy atom. The summed E-state index contributed by atoms with van der Waals surface area (Å²) in [5.41, 5.74) is 0.230. The molecule has 3 rings (SSSR count). The fraction of sp³-hybridized carbons (Fsp3) is 0.0588. The van der Waals surface area contributed by atoms with E-state index < -0.39 is 11.6 Å². The van der Waals surface area contributed by atoms with Gasteiger partial charge >= 0.3 is 0 Å². The molecule has 1 nitrogen and oxygen atoms in total. The van der Waals surface area contributed by atoms with Crippen molar-refractivity contribution in [1.29, 1.82) is 0 Å². The Morgan fingerprint density at radius 3 is 2.19 bits per heavy atom. The molecule has 21 heavy (non-hydrogen) atoms. The van der Waals surface area contributed by atoms with Crippen LogP contribution in [-0.2, 0) is 6.61 Å². The molecular weight excluding hydrogens is 290 g/mol. The van der Waals surface area contributed by atoms with Gasteiger partial charge in [0.1, 0.15) is 11.6 Å². The summed E-state index contributed by atoms with van der Waals surface area (Å²) in [6, 6.07) is 15.8. The smallest absolute Gasteiger partial charge is 0.140 e. The zero-order chi connectivity index (χ0) is 14.8. The molecule has 0 saturated carbocycles. The van der Waals surface area contributed by atoms with Crippen LogP contribution >= 0.6 is 11.8 Å². The standard InChI is InChI=1S/C17H12F2OS/c18-15-7-11(10-20)8-16(19)17(15)21-14-6-5-12-3-1-2-4-13(12)9-14/h1-9,20H,10H2. The first-order chi connectivity index (χ1) is 10.2. The van der Waals surface area contributed by atoms with Crippen LogP contribution in [0.3, 0.4) is 0 Å². The van der Waals surface area contributed by atoms with Gasteiger partial charge in [0.25, 0.3) is 0 Å². The molecule has 0 aromatic heterocycles. The highest BCUT2D eigenvalue weighted by Gasteiger charge is 2.12. The van der Waals surface area contributed by atoms with Gasteiger partial charge in [0.15, 0.2) is 0 Å². The number of hydrogen-bond donors (Lipinski definition) is 1. The van der Waals surface area contributed by atoms with Crippen molar-refractivity contribution in [2.45, 2.75) is 16.4 Å². The number of fused-ring (bicyclic) bond motifs is 1. The molecule has 0 bridgehead atoms. The molecule has 4 heteroatoms. The summed E-state index contributed by atoms with van der Waals surface area (Å²) < 4.78 is 27.9. The van der Waals surface area contributed by atoms with Crippen molar-refractivity contribution in [2.75, 3.05) is 0 Å². The van der Waals surface area contributed by atoms with Gasteiger partial charge in [0, 0.05) is 4.90 Å². The molecular formula is C17H12F2OS. The van der Waals surface area contributed by atoms with E-state index in [2.05, 4.69) is 0 Å². The van der Waals surface area contributed by atoms with Gasteiger partial charge < -0.3 is 5.11 Å². The molecule has 0 saturated heterocycles. The van der Waals surface area contributed by atoms with Crippen molar-refractivity contribution in [3.63, 3.8) is 0 Å². The van der Waals surface area contributed by atoms with Gasteiger partial charge in [-0.05, 0) is 40.6 Å². The third-order valence-electron chi connectivity index (χ3n) is 3.18. The SMILES string of the molecule is OCc1cc(F)c(Sc2ccc3ccccc3c2)c(F)c1. The topological polar surface area (TPSA) is 20.2 Å². The molecule has 0 radical (unpaired) electrons. The van der Waals surface area contributed by atoms with Crippen LogP contribution in [0.25, 0.3) is 10.8 Å². The van der Waals surface area contributed by atoms with Crippen molar-refractivity contribution in [1.82, 2.24) is 0 Å². The maximum Gasteiger partial charge on any atom is 0.140 e. The highest BCUT2D eigenvalue weighted by molar-refractivity contribution is 7.99. The quantitative estimate of drug-likeness (QED) is 0.752. The Bertz CT molecular complexity index is 779. The van der Waals surface area contributed by atoms with Crippen LogP contribution in [0.2, 0.25) is 0 Å². The highest BCUT2D eigenvalue weighted by atomic mass is 32.2. The maximum atomic E-state index is 13.9. The van der Waals surface area contributed by atoms with Gasteiger partial charge in [-0.3, -0.25) is 0 Å². The third kappa shape index (κ3) is 2.91. The van der Waals surface area contributed by atoms with E-state index in [9.17, 15) is 8.78 Å².